The number of ether oxygens (including phenoxy) is 7. The molecule has 6 aromatic rings. The minimum atomic E-state index is -0.515. The fourth-order valence-corrected chi connectivity index (χ4v) is 8.61. The second kappa shape index (κ2) is 25.7. The first-order chi connectivity index (χ1) is 34.5. The number of amides is 1. The highest BCUT2D eigenvalue weighted by Crippen LogP contribution is 2.35. The first kappa shape index (κ1) is 51.8. The maximum absolute atomic E-state index is 12.7. The summed E-state index contributed by atoms with van der Waals surface area (Å²) in [6.07, 6.45) is 7.78. The van der Waals surface area contributed by atoms with E-state index in [2.05, 4.69) is 76.6 Å². The zero-order valence-corrected chi connectivity index (χ0v) is 42.6. The summed E-state index contributed by atoms with van der Waals surface area (Å²) in [6, 6.07) is 45.0. The molecule has 0 bridgehead atoms. The highest BCUT2D eigenvalue weighted by Gasteiger charge is 2.32. The third-order valence-corrected chi connectivity index (χ3v) is 12.6. The number of carbonyl (C=O) groups is 1. The van der Waals surface area contributed by atoms with Gasteiger partial charge in [0.25, 0.3) is 0 Å². The minimum Gasteiger partial charge on any atom is -0.497 e. The number of likely N-dealkylation sites (tertiary alicyclic amines) is 1. The van der Waals surface area contributed by atoms with Crippen molar-refractivity contribution in [1.29, 1.82) is 0 Å². The van der Waals surface area contributed by atoms with Gasteiger partial charge in [-0.15, -0.1) is 0 Å². The average molecular weight is 965 g/mol. The van der Waals surface area contributed by atoms with E-state index in [9.17, 15) is 4.79 Å². The maximum Gasteiger partial charge on any atom is 0.410 e. The van der Waals surface area contributed by atoms with Crippen LogP contribution >= 0.6 is 0 Å². The number of benzene rings is 6. The third-order valence-electron chi connectivity index (χ3n) is 12.6. The summed E-state index contributed by atoms with van der Waals surface area (Å²) in [7, 11) is 6.68. The minimum absolute atomic E-state index is 0.0587. The van der Waals surface area contributed by atoms with Crippen LogP contribution in [0.4, 0.5) is 16.2 Å². The first-order valence-electron chi connectivity index (χ1n) is 24.8. The fraction of sp³-hybridized carbons (Fsp3) is 0.373. The lowest BCUT2D eigenvalue weighted by atomic mass is 10.0. The number of nitrogens with zero attached hydrogens (tertiary/aromatic N) is 1. The monoisotopic (exact) mass is 965 g/mol. The highest BCUT2D eigenvalue weighted by atomic mass is 16.6. The Kier molecular flexibility index (Phi) is 18.7. The smallest absolute Gasteiger partial charge is 0.410 e. The van der Waals surface area contributed by atoms with Crippen LogP contribution in [0.25, 0.3) is 0 Å². The fourth-order valence-electron chi connectivity index (χ4n) is 8.61. The van der Waals surface area contributed by atoms with E-state index in [0.717, 1.165) is 109 Å². The molecule has 0 saturated carbocycles. The molecule has 2 aliphatic heterocycles. The van der Waals surface area contributed by atoms with E-state index in [1.807, 2.05) is 98.5 Å². The molecule has 2 saturated heterocycles. The largest absolute Gasteiger partial charge is 0.497 e. The van der Waals surface area contributed by atoms with Crippen LogP contribution in [0.5, 0.6) is 46.0 Å². The molecule has 2 heterocycles. The molecule has 2 atom stereocenters. The maximum atomic E-state index is 12.7. The van der Waals surface area contributed by atoms with Crippen molar-refractivity contribution in [3.05, 3.63) is 156 Å². The van der Waals surface area contributed by atoms with E-state index < -0.39 is 5.60 Å². The third kappa shape index (κ3) is 16.0. The van der Waals surface area contributed by atoms with E-state index in [-0.39, 0.29) is 12.1 Å². The van der Waals surface area contributed by atoms with E-state index in [4.69, 9.17) is 33.2 Å². The van der Waals surface area contributed by atoms with Gasteiger partial charge in [-0.05, 0) is 198 Å². The van der Waals surface area contributed by atoms with Crippen LogP contribution in [-0.4, -0.2) is 83.3 Å². The zero-order valence-electron chi connectivity index (χ0n) is 42.6. The second-order valence-corrected chi connectivity index (χ2v) is 18.9. The molecule has 0 aromatic heterocycles. The van der Waals surface area contributed by atoms with Gasteiger partial charge in [-0.2, -0.15) is 0 Å². The van der Waals surface area contributed by atoms with Gasteiger partial charge in [0.2, 0.25) is 0 Å². The molecule has 6 aromatic carbocycles. The van der Waals surface area contributed by atoms with Gasteiger partial charge in [-0.3, -0.25) is 0 Å². The van der Waals surface area contributed by atoms with Crippen LogP contribution in [-0.2, 0) is 30.4 Å². The lowest BCUT2D eigenvalue weighted by Crippen LogP contribution is -2.42. The van der Waals surface area contributed by atoms with E-state index in [1.54, 1.807) is 28.4 Å². The number of methoxy groups -OCH3 is 4. The van der Waals surface area contributed by atoms with Crippen LogP contribution in [0, 0.1) is 0 Å². The van der Waals surface area contributed by atoms with Crippen LogP contribution in [0.2, 0.25) is 0 Å². The molecule has 376 valence electrons. The van der Waals surface area contributed by atoms with Crippen molar-refractivity contribution in [2.45, 2.75) is 89.8 Å². The summed E-state index contributed by atoms with van der Waals surface area (Å²) in [5, 5.41) is 10.7. The van der Waals surface area contributed by atoms with Crippen molar-refractivity contribution >= 4 is 17.5 Å². The quantitative estimate of drug-likeness (QED) is 0.0678. The SMILES string of the molecule is COc1ccc(CCc2ccc(NC[C@@H]3CCCN3)c(Oc3ccc(OC)cc3)c2)cc1.COc1ccc(CCc2ccc(NC[C@@H]3CCCN3C(=O)OC(C)(C)C)c(Oc3ccc(OC)cc3)c2)cc1. The number of nitrogens with one attached hydrogen (secondary N) is 3. The van der Waals surface area contributed by atoms with Crippen molar-refractivity contribution in [3.8, 4) is 46.0 Å². The Balaban J connectivity index is 0.000000213. The number of carbonyl (C=O) groups excluding carboxylic acids is 1. The van der Waals surface area contributed by atoms with Gasteiger partial charge < -0.3 is 54.0 Å². The van der Waals surface area contributed by atoms with Crippen molar-refractivity contribution in [2.75, 3.05) is 65.3 Å². The Morgan fingerprint density at radius 1 is 0.535 bits per heavy atom. The molecule has 0 radical (unpaired) electrons. The number of hydrogen-bond donors (Lipinski definition) is 3. The van der Waals surface area contributed by atoms with Gasteiger partial charge in [0.05, 0.1) is 45.9 Å². The van der Waals surface area contributed by atoms with Crippen LogP contribution in [0.3, 0.4) is 0 Å². The lowest BCUT2D eigenvalue weighted by molar-refractivity contribution is 0.0235. The molecule has 12 heteroatoms. The summed E-state index contributed by atoms with van der Waals surface area (Å²) in [4.78, 5) is 14.6. The Labute approximate surface area is 420 Å². The Morgan fingerprint density at radius 2 is 0.944 bits per heavy atom. The molecule has 0 aliphatic carbocycles. The van der Waals surface area contributed by atoms with Gasteiger partial charge in [0.15, 0.2) is 11.5 Å². The van der Waals surface area contributed by atoms with Gasteiger partial charge >= 0.3 is 6.09 Å². The van der Waals surface area contributed by atoms with Gasteiger partial charge in [0.1, 0.15) is 40.1 Å². The van der Waals surface area contributed by atoms with Crippen LogP contribution in [0.15, 0.2) is 133 Å². The van der Waals surface area contributed by atoms with Crippen LogP contribution < -0.4 is 44.4 Å². The predicted molar refractivity (Wildman–Crippen MR) is 284 cm³/mol. The molecule has 2 aliphatic rings. The molecule has 71 heavy (non-hydrogen) atoms. The number of aryl methyl sites for hydroxylation is 4. The van der Waals surface area contributed by atoms with E-state index in [0.29, 0.717) is 19.1 Å². The number of hydrogen-bond acceptors (Lipinski definition) is 11. The number of anilines is 2. The summed E-state index contributed by atoms with van der Waals surface area (Å²) < 4.78 is 39.4. The molecule has 0 unspecified atom stereocenters. The van der Waals surface area contributed by atoms with Gasteiger partial charge in [-0.1, -0.05) is 36.4 Å². The van der Waals surface area contributed by atoms with Crippen molar-refractivity contribution in [1.82, 2.24) is 10.2 Å². The van der Waals surface area contributed by atoms with Crippen molar-refractivity contribution < 1.29 is 38.0 Å². The average Bonchev–Trinajstić information content (AvgIpc) is 4.11. The standard InChI is InChI=1S/C32H40N2O5.C27H32N2O3/c1-32(2,3)39-31(35)34-20-6-7-25(34)22-33-29-19-12-24(9-8-23-10-13-26(36-4)14-11-23)21-30(29)38-28-17-15-27(37-5)16-18-28;1-30-23-10-7-20(8-11-23)5-6-21-9-16-26(29-19-22-4-3-17-28-22)27(18-21)32-25-14-12-24(31-2)13-15-25/h10-19,21,25,33H,6-9,20,22H2,1-5H3;7-16,18,22,28-29H,3-6,17,19H2,1-2H3/t25-;22-/m00/s1. The molecule has 0 spiro atoms. The number of rotatable bonds is 20. The van der Waals surface area contributed by atoms with Gasteiger partial charge in [0, 0.05) is 25.7 Å². The summed E-state index contributed by atoms with van der Waals surface area (Å²) in [6.45, 7) is 9.01. The van der Waals surface area contributed by atoms with Crippen LogP contribution in [0.1, 0.15) is 68.7 Å². The van der Waals surface area contributed by atoms with Gasteiger partial charge in [-0.25, -0.2) is 4.79 Å². The summed E-state index contributed by atoms with van der Waals surface area (Å²) >= 11 is 0. The molecule has 2 fully saturated rings. The van der Waals surface area contributed by atoms with Crippen molar-refractivity contribution in [2.24, 2.45) is 0 Å². The molecule has 8 rings (SSSR count). The highest BCUT2D eigenvalue weighted by molar-refractivity contribution is 5.69. The van der Waals surface area contributed by atoms with E-state index >= 15 is 0 Å². The molecular weight excluding hydrogens is 893 g/mol. The molecule has 12 nitrogen and oxygen atoms in total. The zero-order chi connectivity index (χ0) is 50.0. The second-order valence-electron chi connectivity index (χ2n) is 18.9. The molecule has 3 N–H and O–H groups in total. The molecule has 1 amide bonds. The summed E-state index contributed by atoms with van der Waals surface area (Å²) in [5.41, 5.74) is 6.35. The summed E-state index contributed by atoms with van der Waals surface area (Å²) in [5.74, 6) is 6.44. The Bertz CT molecular complexity index is 2560. The Hall–Kier alpha value is -7.05. The predicted octanol–water partition coefficient (Wildman–Crippen LogP) is 12.5. The van der Waals surface area contributed by atoms with Crippen molar-refractivity contribution in [3.63, 3.8) is 0 Å². The molecular formula is C59H72N4O8. The normalized spacial score (nSPS) is 15.2. The topological polar surface area (TPSA) is 121 Å². The Morgan fingerprint density at radius 3 is 1.37 bits per heavy atom. The first-order valence-corrected chi connectivity index (χ1v) is 24.8. The lowest BCUT2D eigenvalue weighted by Gasteiger charge is -2.29. The van der Waals surface area contributed by atoms with E-state index in [1.165, 1.54) is 35.1 Å².